The van der Waals surface area contributed by atoms with Crippen molar-refractivity contribution in [3.8, 4) is 0 Å². The molecule has 2 amide bonds. The Kier molecular flexibility index (Phi) is 9.58. The highest BCUT2D eigenvalue weighted by Gasteiger charge is 2.76. The van der Waals surface area contributed by atoms with Crippen molar-refractivity contribution in [3.05, 3.63) is 48.9 Å². The Morgan fingerprint density at radius 3 is 2.37 bits per heavy atom. The zero-order valence-electron chi connectivity index (χ0n) is 27.2. The summed E-state index contributed by atoms with van der Waals surface area (Å²) in [6.07, 6.45) is -0.468. The van der Waals surface area contributed by atoms with Crippen molar-refractivity contribution in [2.75, 3.05) is 6.61 Å². The van der Waals surface area contributed by atoms with E-state index in [4.69, 9.17) is 18.9 Å². The van der Waals surface area contributed by atoms with E-state index in [0.29, 0.717) is 16.5 Å². The predicted octanol–water partition coefficient (Wildman–Crippen LogP) is 3.84. The van der Waals surface area contributed by atoms with Crippen LogP contribution in [0.4, 0.5) is 9.59 Å². The van der Waals surface area contributed by atoms with Gasteiger partial charge in [0.15, 0.2) is 0 Å². The fourth-order valence-corrected chi connectivity index (χ4v) is 6.24. The van der Waals surface area contributed by atoms with Crippen LogP contribution in [0.25, 0.3) is 10.9 Å². The van der Waals surface area contributed by atoms with Crippen LogP contribution in [-0.4, -0.2) is 75.2 Å². The van der Waals surface area contributed by atoms with Gasteiger partial charge in [-0.05, 0) is 60.1 Å². The average molecular weight is 644 g/mol. The first kappa shape index (κ1) is 34.5. The van der Waals surface area contributed by atoms with Gasteiger partial charge in [0, 0.05) is 37.7 Å². The molecule has 0 radical (unpaired) electrons. The number of aliphatic hydroxyl groups is 1. The van der Waals surface area contributed by atoms with Crippen molar-refractivity contribution in [3.63, 3.8) is 0 Å². The van der Waals surface area contributed by atoms with E-state index in [2.05, 4.69) is 17.2 Å². The summed E-state index contributed by atoms with van der Waals surface area (Å²) in [4.78, 5) is 66.4. The zero-order valence-corrected chi connectivity index (χ0v) is 27.2. The van der Waals surface area contributed by atoms with E-state index in [0.717, 1.165) is 6.26 Å². The molecule has 4 rings (SSSR count). The van der Waals surface area contributed by atoms with Crippen LogP contribution in [0, 0.1) is 17.8 Å². The van der Waals surface area contributed by atoms with Gasteiger partial charge in [-0.1, -0.05) is 24.8 Å². The lowest BCUT2D eigenvalue weighted by Crippen LogP contribution is -2.62. The maximum absolute atomic E-state index is 14.2. The molecule has 13 nitrogen and oxygen atoms in total. The molecule has 13 heteroatoms. The fourth-order valence-electron chi connectivity index (χ4n) is 6.24. The van der Waals surface area contributed by atoms with Crippen molar-refractivity contribution < 1.29 is 49.5 Å². The normalized spacial score (nSPS) is 24.3. The molecule has 0 spiro atoms. The number of fused-ring (bicyclic) bond motifs is 2. The molecule has 3 N–H and O–H groups in total. The molecule has 1 heterocycles. The summed E-state index contributed by atoms with van der Waals surface area (Å²) in [5, 5.41) is 16.8. The Bertz CT molecular complexity index is 1540. The molecule has 0 saturated heterocycles. The topological polar surface area (TPSA) is 171 Å². The molecule has 252 valence electrons. The van der Waals surface area contributed by atoms with Crippen molar-refractivity contribution >= 4 is 40.9 Å². The average Bonchev–Trinajstić information content (AvgIpc) is 3.50. The SMILES string of the molecule is C=COC(=O)[C@H]1[C@H]2[C@@H]1[C@@](NC(=O)C(Cc1cn(C(=O)OC(C)(C)C)c3ccccc13)NC(=O)OC(C)(C)C)(C(=O)OCC)C[C@@H]2O.[HH]. The molecule has 46 heavy (non-hydrogen) atoms. The van der Waals surface area contributed by atoms with Gasteiger partial charge in [-0.25, -0.2) is 14.4 Å². The van der Waals surface area contributed by atoms with Crippen molar-refractivity contribution in [1.82, 2.24) is 15.2 Å². The van der Waals surface area contributed by atoms with Gasteiger partial charge in [-0.15, -0.1) is 0 Å². The molecule has 1 aromatic carbocycles. The smallest absolute Gasteiger partial charge is 0.419 e. The summed E-state index contributed by atoms with van der Waals surface area (Å²) in [6, 6.07) is 5.70. The highest BCUT2D eigenvalue weighted by molar-refractivity contribution is 5.96. The Balaban J connectivity index is 0.00000600. The molecule has 6 atom stereocenters. The number of esters is 2. The van der Waals surface area contributed by atoms with E-state index in [1.807, 2.05) is 0 Å². The number of benzene rings is 1. The molecule has 0 bridgehead atoms. The van der Waals surface area contributed by atoms with Crippen LogP contribution >= 0.6 is 0 Å². The molecule has 2 saturated carbocycles. The van der Waals surface area contributed by atoms with Gasteiger partial charge in [-0.2, -0.15) is 0 Å². The number of amides is 2. The minimum absolute atomic E-state index is 0. The van der Waals surface area contributed by atoms with Crippen LogP contribution in [0.5, 0.6) is 0 Å². The molecule has 2 aliphatic carbocycles. The number of carbonyl (C=O) groups excluding carboxylic acids is 5. The number of para-hydroxylation sites is 1. The van der Waals surface area contributed by atoms with Gasteiger partial charge in [0.25, 0.3) is 0 Å². The number of nitrogens with one attached hydrogen (secondary N) is 2. The highest BCUT2D eigenvalue weighted by atomic mass is 16.6. The van der Waals surface area contributed by atoms with Crippen LogP contribution in [0.15, 0.2) is 43.3 Å². The monoisotopic (exact) mass is 643 g/mol. The largest absolute Gasteiger partial charge is 0.464 e. The summed E-state index contributed by atoms with van der Waals surface area (Å²) in [5.74, 6) is -4.64. The van der Waals surface area contributed by atoms with Crippen LogP contribution in [0.2, 0.25) is 0 Å². The minimum atomic E-state index is -1.78. The second-order valence-corrected chi connectivity index (χ2v) is 13.6. The predicted molar refractivity (Wildman–Crippen MR) is 167 cm³/mol. The number of hydrogen-bond acceptors (Lipinski definition) is 10. The second kappa shape index (κ2) is 12.8. The zero-order chi connectivity index (χ0) is 34.2. The lowest BCUT2D eigenvalue weighted by molar-refractivity contribution is -0.156. The first-order valence-corrected chi connectivity index (χ1v) is 15.2. The number of ether oxygens (including phenoxy) is 4. The Hall–Kier alpha value is -4.39. The summed E-state index contributed by atoms with van der Waals surface area (Å²) >= 11 is 0. The van der Waals surface area contributed by atoms with Gasteiger partial charge < -0.3 is 34.7 Å². The number of aliphatic hydroxyl groups excluding tert-OH is 1. The molecular formula is C33H45N3O10. The molecule has 1 unspecified atom stereocenters. The third kappa shape index (κ3) is 7.19. The number of alkyl carbamates (subject to hydrolysis) is 1. The van der Waals surface area contributed by atoms with Gasteiger partial charge in [0.05, 0.1) is 30.4 Å². The number of nitrogens with zero attached hydrogens (tertiary/aromatic N) is 1. The van der Waals surface area contributed by atoms with Crippen LogP contribution < -0.4 is 10.6 Å². The van der Waals surface area contributed by atoms with Crippen molar-refractivity contribution in [2.45, 2.75) is 90.2 Å². The van der Waals surface area contributed by atoms with E-state index in [1.165, 1.54) is 10.8 Å². The summed E-state index contributed by atoms with van der Waals surface area (Å²) in [5.41, 5.74) is -2.40. The summed E-state index contributed by atoms with van der Waals surface area (Å²) in [6.45, 7) is 15.2. The van der Waals surface area contributed by atoms with E-state index in [9.17, 15) is 29.1 Å². The summed E-state index contributed by atoms with van der Waals surface area (Å²) < 4.78 is 22.6. The third-order valence-electron chi connectivity index (χ3n) is 7.89. The maximum Gasteiger partial charge on any atom is 0.419 e. The number of carbonyl (C=O) groups is 5. The molecule has 2 fully saturated rings. The van der Waals surface area contributed by atoms with Crippen LogP contribution in [-0.2, 0) is 39.8 Å². The number of rotatable bonds is 9. The Morgan fingerprint density at radius 2 is 1.76 bits per heavy atom. The maximum atomic E-state index is 14.2. The first-order valence-electron chi connectivity index (χ1n) is 15.2. The Morgan fingerprint density at radius 1 is 1.11 bits per heavy atom. The van der Waals surface area contributed by atoms with E-state index in [1.54, 1.807) is 72.7 Å². The van der Waals surface area contributed by atoms with Gasteiger partial charge in [-0.3, -0.25) is 14.2 Å². The van der Waals surface area contributed by atoms with Crippen molar-refractivity contribution in [2.24, 2.45) is 17.8 Å². The lowest BCUT2D eigenvalue weighted by Gasteiger charge is -2.33. The van der Waals surface area contributed by atoms with Gasteiger partial charge in [0.2, 0.25) is 5.91 Å². The standard InChI is InChI=1S/C33H43N3O10.H2/c1-9-43-27(39)24-23-22(37)16-33(25(23)24,28(40)44-10-2)35-26(38)20(34-29(41)45-31(3,4)5)15-18-17-36(30(42)46-32(6,7)8)21-14-12-11-13-19(18)21;/h9,11-14,17,20,22-25,37H,1,10,15-16H2,2-8H3,(H,34,41)(H,35,38);1H/t20?,22-,23-,24-,25-,33+;/m0./s1. The van der Waals surface area contributed by atoms with Gasteiger partial charge >= 0.3 is 24.1 Å². The van der Waals surface area contributed by atoms with E-state index >= 15 is 0 Å². The fraction of sp³-hybridized carbons (Fsp3) is 0.545. The number of hydrogen-bond donors (Lipinski definition) is 3. The Labute approximate surface area is 269 Å². The summed E-state index contributed by atoms with van der Waals surface area (Å²) in [7, 11) is 0. The van der Waals surface area contributed by atoms with E-state index in [-0.39, 0.29) is 20.9 Å². The van der Waals surface area contributed by atoms with Crippen LogP contribution in [0.3, 0.4) is 0 Å². The molecule has 1 aromatic heterocycles. The lowest BCUT2D eigenvalue weighted by atomic mass is 9.88. The molecule has 2 aromatic rings. The third-order valence-corrected chi connectivity index (χ3v) is 7.89. The second-order valence-electron chi connectivity index (χ2n) is 13.6. The highest BCUT2D eigenvalue weighted by Crippen LogP contribution is 2.63. The first-order chi connectivity index (χ1) is 21.4. The molecular weight excluding hydrogens is 598 g/mol. The number of aromatic nitrogens is 1. The minimum Gasteiger partial charge on any atom is -0.464 e. The van der Waals surface area contributed by atoms with Crippen molar-refractivity contribution in [1.29, 1.82) is 0 Å². The van der Waals surface area contributed by atoms with Gasteiger partial charge in [0.1, 0.15) is 22.8 Å². The van der Waals surface area contributed by atoms with E-state index < -0.39 is 76.7 Å². The van der Waals surface area contributed by atoms with Crippen LogP contribution in [0.1, 0.15) is 61.9 Å². The molecule has 0 aliphatic heterocycles. The quantitative estimate of drug-likeness (QED) is 0.207. The molecule has 2 aliphatic rings.